The molecular weight excluding hydrogens is 313 g/mol. The lowest BCUT2D eigenvalue weighted by atomic mass is 10.1. The first-order valence-corrected chi connectivity index (χ1v) is 6.78. The van der Waals surface area contributed by atoms with Crippen LogP contribution in [0.2, 0.25) is 10.0 Å². The normalized spacial score (nSPS) is 10.8. The third-order valence-corrected chi connectivity index (χ3v) is 3.86. The number of nitrogens with one attached hydrogen (secondary N) is 1. The summed E-state index contributed by atoms with van der Waals surface area (Å²) in [6.07, 6.45) is 0. The molecule has 0 aliphatic carbocycles. The van der Waals surface area contributed by atoms with Crippen LogP contribution < -0.4 is 4.89 Å². The Hall–Kier alpha value is -2.01. The number of ketones is 1. The number of aromatic nitrogens is 1. The highest BCUT2D eigenvalue weighted by Crippen LogP contribution is 2.26. The van der Waals surface area contributed by atoms with E-state index in [1.165, 1.54) is 6.07 Å². The SMILES string of the molecule is O=C(c1ccc(Cl)c(Cl)c1)c1cc2cc(OO)ccc2[nH]1. The van der Waals surface area contributed by atoms with Gasteiger partial charge in [-0.3, -0.25) is 4.79 Å². The number of halogens is 2. The molecule has 0 atom stereocenters. The van der Waals surface area contributed by atoms with Crippen molar-refractivity contribution in [1.29, 1.82) is 0 Å². The van der Waals surface area contributed by atoms with Gasteiger partial charge in [0.15, 0.2) is 5.75 Å². The summed E-state index contributed by atoms with van der Waals surface area (Å²) in [5.74, 6) is 0.103. The van der Waals surface area contributed by atoms with E-state index in [0.717, 1.165) is 10.9 Å². The van der Waals surface area contributed by atoms with Gasteiger partial charge in [0.1, 0.15) is 0 Å². The van der Waals surface area contributed by atoms with E-state index in [9.17, 15) is 4.79 Å². The molecule has 106 valence electrons. The predicted molar refractivity (Wildman–Crippen MR) is 81.5 cm³/mol. The number of aromatic amines is 1. The van der Waals surface area contributed by atoms with E-state index < -0.39 is 0 Å². The summed E-state index contributed by atoms with van der Waals surface area (Å²) in [5, 5.41) is 10.1. The highest BCUT2D eigenvalue weighted by Gasteiger charge is 2.14. The second-order valence-corrected chi connectivity index (χ2v) is 5.30. The van der Waals surface area contributed by atoms with Gasteiger partial charge in [0.05, 0.1) is 15.7 Å². The van der Waals surface area contributed by atoms with E-state index in [-0.39, 0.29) is 5.78 Å². The molecule has 0 saturated carbocycles. The van der Waals surface area contributed by atoms with Crippen LogP contribution in [0.1, 0.15) is 16.1 Å². The van der Waals surface area contributed by atoms with Crippen molar-refractivity contribution >= 4 is 39.9 Å². The van der Waals surface area contributed by atoms with Crippen molar-refractivity contribution in [3.8, 4) is 5.75 Å². The Morgan fingerprint density at radius 2 is 1.86 bits per heavy atom. The molecule has 2 N–H and O–H groups in total. The molecule has 4 nitrogen and oxygen atoms in total. The molecule has 0 spiro atoms. The zero-order chi connectivity index (χ0) is 15.0. The minimum absolute atomic E-state index is 0.198. The maximum atomic E-state index is 12.4. The van der Waals surface area contributed by atoms with Gasteiger partial charge in [-0.05, 0) is 42.5 Å². The average molecular weight is 322 g/mol. The van der Waals surface area contributed by atoms with Crippen LogP contribution in [0.4, 0.5) is 0 Å². The standard InChI is InChI=1S/C15H9Cl2NO3/c16-11-3-1-8(6-12(11)17)15(19)14-7-9-5-10(21-20)2-4-13(9)18-14/h1-7,18,20H. The van der Waals surface area contributed by atoms with Crippen molar-refractivity contribution < 1.29 is 14.9 Å². The number of hydrogen-bond acceptors (Lipinski definition) is 3. The van der Waals surface area contributed by atoms with Gasteiger partial charge in [0.2, 0.25) is 5.78 Å². The minimum atomic E-state index is -0.198. The maximum Gasteiger partial charge on any atom is 0.209 e. The number of fused-ring (bicyclic) bond motifs is 1. The first-order valence-electron chi connectivity index (χ1n) is 6.02. The van der Waals surface area contributed by atoms with Crippen LogP contribution in [0.15, 0.2) is 42.5 Å². The van der Waals surface area contributed by atoms with Crippen LogP contribution in [0, 0.1) is 0 Å². The number of carbonyl (C=O) groups is 1. The molecule has 0 fully saturated rings. The average Bonchev–Trinajstić information content (AvgIpc) is 2.92. The van der Waals surface area contributed by atoms with E-state index >= 15 is 0 Å². The molecule has 0 aliphatic rings. The predicted octanol–water partition coefficient (Wildman–Crippen LogP) is 4.56. The third-order valence-electron chi connectivity index (χ3n) is 3.12. The summed E-state index contributed by atoms with van der Waals surface area (Å²) >= 11 is 11.8. The van der Waals surface area contributed by atoms with E-state index in [1.807, 2.05) is 0 Å². The Balaban J connectivity index is 2.02. The fourth-order valence-electron chi connectivity index (χ4n) is 2.08. The smallest absolute Gasteiger partial charge is 0.209 e. The van der Waals surface area contributed by atoms with Gasteiger partial charge >= 0.3 is 0 Å². The van der Waals surface area contributed by atoms with E-state index in [2.05, 4.69) is 9.87 Å². The van der Waals surface area contributed by atoms with Gasteiger partial charge in [-0.25, -0.2) is 5.26 Å². The molecule has 3 rings (SSSR count). The van der Waals surface area contributed by atoms with Crippen LogP contribution in [-0.4, -0.2) is 16.0 Å². The van der Waals surface area contributed by atoms with Gasteiger partial charge in [0.25, 0.3) is 0 Å². The molecule has 2 aromatic carbocycles. The van der Waals surface area contributed by atoms with Gasteiger partial charge in [-0.1, -0.05) is 23.2 Å². The largest absolute Gasteiger partial charge is 0.352 e. The molecule has 3 aromatic rings. The third kappa shape index (κ3) is 2.61. The second-order valence-electron chi connectivity index (χ2n) is 4.48. The van der Waals surface area contributed by atoms with Crippen molar-refractivity contribution in [2.75, 3.05) is 0 Å². The molecule has 6 heteroatoms. The van der Waals surface area contributed by atoms with E-state index in [1.54, 1.807) is 36.4 Å². The topological polar surface area (TPSA) is 62.3 Å². The lowest BCUT2D eigenvalue weighted by Crippen LogP contribution is -2.01. The number of hydrogen-bond donors (Lipinski definition) is 2. The van der Waals surface area contributed by atoms with Crippen LogP contribution in [-0.2, 0) is 0 Å². The van der Waals surface area contributed by atoms with Crippen LogP contribution in [0.3, 0.4) is 0 Å². The summed E-state index contributed by atoms with van der Waals surface area (Å²) in [5.41, 5.74) is 1.62. The van der Waals surface area contributed by atoms with Gasteiger partial charge in [-0.2, -0.15) is 0 Å². The number of carbonyl (C=O) groups excluding carboxylic acids is 1. The lowest BCUT2D eigenvalue weighted by molar-refractivity contribution is -0.137. The van der Waals surface area contributed by atoms with Crippen molar-refractivity contribution in [2.24, 2.45) is 0 Å². The molecule has 1 aromatic heterocycles. The quantitative estimate of drug-likeness (QED) is 0.422. The monoisotopic (exact) mass is 321 g/mol. The minimum Gasteiger partial charge on any atom is -0.352 e. The summed E-state index contributed by atoms with van der Waals surface area (Å²) in [6, 6.07) is 11.3. The Bertz CT molecular complexity index is 842. The Kier molecular flexibility index (Phi) is 3.59. The zero-order valence-electron chi connectivity index (χ0n) is 10.6. The summed E-state index contributed by atoms with van der Waals surface area (Å²) in [4.78, 5) is 19.6. The Labute approximate surface area is 129 Å². The number of H-pyrrole nitrogens is 1. The highest BCUT2D eigenvalue weighted by molar-refractivity contribution is 6.42. The fourth-order valence-corrected chi connectivity index (χ4v) is 2.38. The molecule has 0 amide bonds. The molecule has 0 aliphatic heterocycles. The molecule has 0 radical (unpaired) electrons. The molecule has 0 unspecified atom stereocenters. The Morgan fingerprint density at radius 1 is 1.05 bits per heavy atom. The van der Waals surface area contributed by atoms with Gasteiger partial charge in [0, 0.05) is 16.5 Å². The summed E-state index contributed by atoms with van der Waals surface area (Å²) < 4.78 is 0. The first-order chi connectivity index (χ1) is 10.1. The Morgan fingerprint density at radius 3 is 2.57 bits per heavy atom. The zero-order valence-corrected chi connectivity index (χ0v) is 12.1. The van der Waals surface area contributed by atoms with Crippen LogP contribution in [0.25, 0.3) is 10.9 Å². The highest BCUT2D eigenvalue weighted by atomic mass is 35.5. The molecule has 0 bridgehead atoms. The van der Waals surface area contributed by atoms with Crippen LogP contribution in [0.5, 0.6) is 5.75 Å². The molecule has 21 heavy (non-hydrogen) atoms. The number of rotatable bonds is 3. The number of benzene rings is 2. The van der Waals surface area contributed by atoms with Gasteiger partial charge < -0.3 is 9.87 Å². The molecular formula is C15H9Cl2NO3. The first kappa shape index (κ1) is 13.9. The second kappa shape index (κ2) is 5.41. The maximum absolute atomic E-state index is 12.4. The van der Waals surface area contributed by atoms with Crippen molar-refractivity contribution in [3.63, 3.8) is 0 Å². The van der Waals surface area contributed by atoms with Crippen molar-refractivity contribution in [3.05, 3.63) is 63.8 Å². The van der Waals surface area contributed by atoms with E-state index in [4.69, 9.17) is 28.5 Å². The molecule has 0 saturated heterocycles. The van der Waals surface area contributed by atoms with E-state index in [0.29, 0.717) is 27.1 Å². The van der Waals surface area contributed by atoms with Crippen LogP contribution >= 0.6 is 23.2 Å². The summed E-state index contributed by atoms with van der Waals surface area (Å²) in [6.45, 7) is 0. The van der Waals surface area contributed by atoms with Crippen molar-refractivity contribution in [1.82, 2.24) is 4.98 Å². The molecule has 1 heterocycles. The fraction of sp³-hybridized carbons (Fsp3) is 0. The lowest BCUT2D eigenvalue weighted by Gasteiger charge is -2.00. The van der Waals surface area contributed by atoms with Gasteiger partial charge in [-0.15, -0.1) is 0 Å². The van der Waals surface area contributed by atoms with Crippen molar-refractivity contribution in [2.45, 2.75) is 0 Å². The summed E-state index contributed by atoms with van der Waals surface area (Å²) in [7, 11) is 0.